The molecule has 1 amide bonds. The number of halogens is 1. The first-order valence-electron chi connectivity index (χ1n) is 5.77. The molecular formula is C13H18ClNO2. The maximum Gasteiger partial charge on any atom is 0.219 e. The van der Waals surface area contributed by atoms with Crippen LogP contribution in [-0.4, -0.2) is 12.5 Å². The van der Waals surface area contributed by atoms with Crippen LogP contribution in [0.25, 0.3) is 0 Å². The van der Waals surface area contributed by atoms with Crippen LogP contribution < -0.4 is 10.1 Å². The Morgan fingerprint density at radius 2 is 2.12 bits per heavy atom. The molecule has 0 aromatic heterocycles. The second kappa shape index (κ2) is 6.50. The summed E-state index contributed by atoms with van der Waals surface area (Å²) in [7, 11) is 0. The molecule has 4 heteroatoms. The van der Waals surface area contributed by atoms with Gasteiger partial charge in [-0.2, -0.15) is 0 Å². The van der Waals surface area contributed by atoms with Crippen LogP contribution in [0.4, 0.5) is 0 Å². The number of hydrogen-bond acceptors (Lipinski definition) is 2. The average molecular weight is 256 g/mol. The summed E-state index contributed by atoms with van der Waals surface area (Å²) in [6.07, 6.45) is 0.490. The Hall–Kier alpha value is -1.22. The maximum absolute atomic E-state index is 11.2. The van der Waals surface area contributed by atoms with E-state index in [4.69, 9.17) is 16.3 Å². The molecule has 0 heterocycles. The van der Waals surface area contributed by atoms with Gasteiger partial charge in [-0.15, -0.1) is 0 Å². The molecule has 0 radical (unpaired) electrons. The van der Waals surface area contributed by atoms with Gasteiger partial charge in [0.15, 0.2) is 0 Å². The van der Waals surface area contributed by atoms with Gasteiger partial charge in [0.2, 0.25) is 5.91 Å². The number of ether oxygens (including phenoxy) is 1. The monoisotopic (exact) mass is 255 g/mol. The quantitative estimate of drug-likeness (QED) is 0.878. The zero-order valence-corrected chi connectivity index (χ0v) is 11.2. The molecule has 0 spiro atoms. The molecule has 0 saturated heterocycles. The van der Waals surface area contributed by atoms with E-state index in [1.165, 1.54) is 0 Å². The van der Waals surface area contributed by atoms with E-state index in [2.05, 4.69) is 5.32 Å². The van der Waals surface area contributed by atoms with E-state index < -0.39 is 0 Å². The molecule has 0 aliphatic heterocycles. The van der Waals surface area contributed by atoms with Crippen LogP contribution >= 0.6 is 11.6 Å². The minimum atomic E-state index is 0.0365. The van der Waals surface area contributed by atoms with E-state index in [1.54, 1.807) is 0 Å². The number of nitrogens with one attached hydrogen (secondary N) is 1. The van der Waals surface area contributed by atoms with E-state index >= 15 is 0 Å². The van der Waals surface area contributed by atoms with E-state index in [0.29, 0.717) is 30.3 Å². The predicted molar refractivity (Wildman–Crippen MR) is 69.5 cm³/mol. The first kappa shape index (κ1) is 13.8. The third-order valence-electron chi connectivity index (χ3n) is 2.49. The molecule has 17 heavy (non-hydrogen) atoms. The predicted octanol–water partition coefficient (Wildman–Crippen LogP) is 3.07. The fraction of sp³-hybridized carbons (Fsp3) is 0.462. The number of carbonyl (C=O) groups is 1. The Balaban J connectivity index is 2.80. The lowest BCUT2D eigenvalue weighted by Crippen LogP contribution is -2.21. The molecule has 0 unspecified atom stereocenters. The molecule has 3 nitrogen and oxygen atoms in total. The second-order valence-corrected chi connectivity index (χ2v) is 4.18. The molecule has 0 atom stereocenters. The highest BCUT2D eigenvalue weighted by molar-refractivity contribution is 6.32. The number of hydrogen-bond donors (Lipinski definition) is 1. The number of carbonyl (C=O) groups excluding carboxylic acids is 1. The van der Waals surface area contributed by atoms with Crippen LogP contribution in [0, 0.1) is 6.92 Å². The Labute approximate surface area is 107 Å². The Kier molecular flexibility index (Phi) is 5.29. The van der Waals surface area contributed by atoms with Crippen molar-refractivity contribution in [2.75, 3.05) is 6.61 Å². The SMILES string of the molecule is CCOc1cc(C)c(CNC(=O)CC)cc1Cl. The molecule has 0 saturated carbocycles. The summed E-state index contributed by atoms with van der Waals surface area (Å²) in [5, 5.41) is 3.41. The molecule has 0 aliphatic carbocycles. The van der Waals surface area contributed by atoms with Crippen molar-refractivity contribution in [2.24, 2.45) is 0 Å². The summed E-state index contributed by atoms with van der Waals surface area (Å²) in [4.78, 5) is 11.2. The largest absolute Gasteiger partial charge is 0.492 e. The van der Waals surface area contributed by atoms with Gasteiger partial charge >= 0.3 is 0 Å². The van der Waals surface area contributed by atoms with Crippen molar-refractivity contribution in [1.82, 2.24) is 5.32 Å². The minimum Gasteiger partial charge on any atom is -0.492 e. The lowest BCUT2D eigenvalue weighted by molar-refractivity contribution is -0.120. The fourth-order valence-electron chi connectivity index (χ4n) is 1.47. The molecule has 0 aliphatic rings. The molecule has 94 valence electrons. The summed E-state index contributed by atoms with van der Waals surface area (Å²) >= 11 is 6.09. The Morgan fingerprint density at radius 3 is 2.71 bits per heavy atom. The number of amides is 1. The van der Waals surface area contributed by atoms with Gasteiger partial charge in [-0.25, -0.2) is 0 Å². The average Bonchev–Trinajstić information content (AvgIpc) is 2.31. The van der Waals surface area contributed by atoms with E-state index in [1.807, 2.05) is 32.9 Å². The van der Waals surface area contributed by atoms with Crippen LogP contribution in [-0.2, 0) is 11.3 Å². The first-order chi connectivity index (χ1) is 8.08. The van der Waals surface area contributed by atoms with Gasteiger partial charge < -0.3 is 10.1 Å². The first-order valence-corrected chi connectivity index (χ1v) is 6.14. The van der Waals surface area contributed by atoms with Gasteiger partial charge in [0.1, 0.15) is 5.75 Å². The molecule has 1 aromatic carbocycles. The van der Waals surface area contributed by atoms with E-state index in [9.17, 15) is 4.79 Å². The highest BCUT2D eigenvalue weighted by Crippen LogP contribution is 2.28. The smallest absolute Gasteiger partial charge is 0.219 e. The summed E-state index contributed by atoms with van der Waals surface area (Å²) in [6.45, 7) is 6.82. The normalized spacial score (nSPS) is 10.1. The molecule has 1 rings (SSSR count). The van der Waals surface area contributed by atoms with Crippen molar-refractivity contribution in [3.05, 3.63) is 28.3 Å². The number of benzene rings is 1. The van der Waals surface area contributed by atoms with Gasteiger partial charge in [0, 0.05) is 13.0 Å². The molecule has 0 fully saturated rings. The lowest BCUT2D eigenvalue weighted by atomic mass is 10.1. The van der Waals surface area contributed by atoms with Crippen LogP contribution in [0.5, 0.6) is 5.75 Å². The third-order valence-corrected chi connectivity index (χ3v) is 2.78. The van der Waals surface area contributed by atoms with Crippen LogP contribution in [0.2, 0.25) is 5.02 Å². The van der Waals surface area contributed by atoms with Gasteiger partial charge in [0.05, 0.1) is 11.6 Å². The third kappa shape index (κ3) is 3.93. The summed E-state index contributed by atoms with van der Waals surface area (Å²) in [6, 6.07) is 3.75. The highest BCUT2D eigenvalue weighted by Gasteiger charge is 2.07. The molecular weight excluding hydrogens is 238 g/mol. The topological polar surface area (TPSA) is 38.3 Å². The Morgan fingerprint density at radius 1 is 1.41 bits per heavy atom. The van der Waals surface area contributed by atoms with Gasteiger partial charge in [0.25, 0.3) is 0 Å². The number of rotatable bonds is 5. The molecule has 0 bridgehead atoms. The molecule has 1 N–H and O–H groups in total. The van der Waals surface area contributed by atoms with Gasteiger partial charge in [-0.1, -0.05) is 18.5 Å². The van der Waals surface area contributed by atoms with E-state index in [0.717, 1.165) is 11.1 Å². The second-order valence-electron chi connectivity index (χ2n) is 3.77. The van der Waals surface area contributed by atoms with Gasteiger partial charge in [-0.05, 0) is 37.1 Å². The van der Waals surface area contributed by atoms with Crippen molar-refractivity contribution in [2.45, 2.75) is 33.7 Å². The van der Waals surface area contributed by atoms with Crippen LogP contribution in [0.3, 0.4) is 0 Å². The van der Waals surface area contributed by atoms with Crippen molar-refractivity contribution >= 4 is 17.5 Å². The van der Waals surface area contributed by atoms with Crippen molar-refractivity contribution in [3.63, 3.8) is 0 Å². The summed E-state index contributed by atoms with van der Waals surface area (Å²) in [5.74, 6) is 0.728. The summed E-state index contributed by atoms with van der Waals surface area (Å²) in [5.41, 5.74) is 2.08. The maximum atomic E-state index is 11.2. The van der Waals surface area contributed by atoms with Crippen LogP contribution in [0.15, 0.2) is 12.1 Å². The Bertz CT molecular complexity index is 405. The zero-order valence-electron chi connectivity index (χ0n) is 10.5. The summed E-state index contributed by atoms with van der Waals surface area (Å²) < 4.78 is 5.40. The zero-order chi connectivity index (χ0) is 12.8. The molecule has 1 aromatic rings. The number of aryl methyl sites for hydroxylation is 1. The standard InChI is InChI=1S/C13H18ClNO2/c1-4-13(16)15-8-10-7-11(14)12(17-5-2)6-9(10)3/h6-7H,4-5,8H2,1-3H3,(H,15,16). The van der Waals surface area contributed by atoms with Crippen LogP contribution in [0.1, 0.15) is 31.4 Å². The van der Waals surface area contributed by atoms with Gasteiger partial charge in [-0.3, -0.25) is 4.79 Å². The van der Waals surface area contributed by atoms with Crippen molar-refractivity contribution in [3.8, 4) is 5.75 Å². The highest BCUT2D eigenvalue weighted by atomic mass is 35.5. The lowest BCUT2D eigenvalue weighted by Gasteiger charge is -2.12. The minimum absolute atomic E-state index is 0.0365. The van der Waals surface area contributed by atoms with Crippen molar-refractivity contribution in [1.29, 1.82) is 0 Å². The van der Waals surface area contributed by atoms with E-state index in [-0.39, 0.29) is 5.91 Å². The van der Waals surface area contributed by atoms with Crippen molar-refractivity contribution < 1.29 is 9.53 Å². The fourth-order valence-corrected chi connectivity index (χ4v) is 1.71.